The first kappa shape index (κ1) is 85.2. The summed E-state index contributed by atoms with van der Waals surface area (Å²) in [7, 11) is 7.99. The van der Waals surface area contributed by atoms with E-state index in [0.29, 0.717) is 76.6 Å². The van der Waals surface area contributed by atoms with Gasteiger partial charge in [-0.2, -0.15) is 26.3 Å². The number of nitrogens with one attached hydrogen (secondary N) is 3. The number of rotatable bonds is 13. The Balaban J connectivity index is 1.12. The summed E-state index contributed by atoms with van der Waals surface area (Å²) in [4.78, 5) is 193. The lowest BCUT2D eigenvalue weighted by atomic mass is 9.74. The van der Waals surface area contributed by atoms with Crippen molar-refractivity contribution in [3.8, 4) is 0 Å². The largest absolute Gasteiger partial charge is 0.422 e. The lowest BCUT2D eigenvalue weighted by Gasteiger charge is -2.46. The molecule has 4 heterocycles. The number of likely N-dealkylation sites (N-methyl/N-ethyl adjacent to an activating group) is 6. The Labute approximate surface area is 635 Å². The highest BCUT2D eigenvalue weighted by Crippen LogP contribution is 2.41. The van der Waals surface area contributed by atoms with Crippen LogP contribution in [0.2, 0.25) is 0 Å². The molecule has 25 nitrogen and oxygen atoms in total. The molecule has 3 aliphatic carbocycles. The Kier molecular flexibility index (Phi) is 28.0. The van der Waals surface area contributed by atoms with Crippen molar-refractivity contribution in [1.29, 1.82) is 0 Å². The van der Waals surface area contributed by atoms with Crippen LogP contribution in [0.5, 0.6) is 0 Å². The third-order valence-corrected chi connectivity index (χ3v) is 23.3. The molecule has 4 aliphatic heterocycles. The van der Waals surface area contributed by atoms with Crippen LogP contribution >= 0.6 is 0 Å². The molecular weight excluding hydrogens is 1450 g/mol. The topological polar surface area (TPSA) is 279 Å². The molecule has 606 valence electrons. The minimum Gasteiger partial charge on any atom is -0.377 e. The Hall–Kier alpha value is -8.78. The fourth-order valence-corrected chi connectivity index (χ4v) is 16.1. The number of fused-ring (bicyclic) bond motifs is 3. The molecule has 0 aromatic heterocycles. The van der Waals surface area contributed by atoms with Gasteiger partial charge in [-0.3, -0.25) is 57.5 Å². The number of benzene rings is 2. The number of hydrogen-bond donors (Lipinski definition) is 3. The van der Waals surface area contributed by atoms with Crippen LogP contribution in [0.3, 0.4) is 0 Å². The normalized spacial score (nSPS) is 27.2. The summed E-state index contributed by atoms with van der Waals surface area (Å²) in [6, 6.07) is -7.07. The van der Waals surface area contributed by atoms with Gasteiger partial charge in [-0.15, -0.1) is 0 Å². The number of aryl methyl sites for hydroxylation is 1. The first-order chi connectivity index (χ1) is 51.9. The van der Waals surface area contributed by atoms with Crippen LogP contribution < -0.4 is 16.0 Å². The van der Waals surface area contributed by atoms with Crippen molar-refractivity contribution < 1.29 is 97.4 Å². The van der Waals surface area contributed by atoms with Crippen molar-refractivity contribution in [3.05, 3.63) is 82.4 Å². The van der Waals surface area contributed by atoms with E-state index in [1.807, 2.05) is 0 Å². The molecule has 10 atom stereocenters. The summed E-state index contributed by atoms with van der Waals surface area (Å²) < 4.78 is 120. The fourth-order valence-electron chi connectivity index (χ4n) is 16.1. The van der Waals surface area contributed by atoms with E-state index in [0.717, 1.165) is 68.7 Å². The molecule has 3 saturated carbocycles. The highest BCUT2D eigenvalue weighted by Gasteiger charge is 2.54. The quantitative estimate of drug-likeness (QED) is 0.153. The lowest BCUT2D eigenvalue weighted by Crippen LogP contribution is -2.68. The molecule has 2 aromatic carbocycles. The molecule has 0 radical (unpaired) electrons. The minimum atomic E-state index is -5.46. The van der Waals surface area contributed by atoms with E-state index in [9.17, 15) is 50.3 Å². The summed E-state index contributed by atoms with van der Waals surface area (Å²) in [6.07, 6.45) is -4.33. The second kappa shape index (κ2) is 36.1. The fraction of sp³-hybridized carbons (Fsp3) is 0.662. The maximum atomic E-state index is 15.7. The van der Waals surface area contributed by atoms with E-state index in [1.54, 1.807) is 37.8 Å². The molecule has 12 amide bonds. The zero-order valence-electron chi connectivity index (χ0n) is 64.0. The molecule has 3 saturated heterocycles. The number of hydrogen-bond acceptors (Lipinski definition) is 13. The molecule has 3 N–H and O–H groups in total. The maximum absolute atomic E-state index is 15.7. The Bertz CT molecular complexity index is 3750. The maximum Gasteiger partial charge on any atom is 0.422 e. The van der Waals surface area contributed by atoms with E-state index < -0.39 is 222 Å². The van der Waals surface area contributed by atoms with Crippen LogP contribution in [0, 0.1) is 29.4 Å². The van der Waals surface area contributed by atoms with Gasteiger partial charge in [0.25, 0.3) is 0 Å². The van der Waals surface area contributed by atoms with Gasteiger partial charge in [-0.1, -0.05) is 70.2 Å². The van der Waals surface area contributed by atoms with Crippen LogP contribution in [0.25, 0.3) is 0 Å². The predicted octanol–water partition coefficient (Wildman–Crippen LogP) is 6.03. The number of ether oxygens (including phenoxy) is 1. The van der Waals surface area contributed by atoms with Crippen molar-refractivity contribution in [1.82, 2.24) is 60.0 Å². The van der Waals surface area contributed by atoms with Gasteiger partial charge in [0, 0.05) is 87.9 Å². The number of nitrogens with zero attached hydrogens (tertiary/aromatic N) is 9. The van der Waals surface area contributed by atoms with Crippen LogP contribution in [-0.4, -0.2) is 263 Å². The minimum absolute atomic E-state index is 0.00136. The van der Waals surface area contributed by atoms with Crippen molar-refractivity contribution in [2.45, 2.75) is 222 Å². The van der Waals surface area contributed by atoms with E-state index in [4.69, 9.17) is 4.74 Å². The Morgan fingerprint density at radius 1 is 0.636 bits per heavy atom. The summed E-state index contributed by atoms with van der Waals surface area (Å²) in [5.74, 6) is -14.7. The van der Waals surface area contributed by atoms with Crippen molar-refractivity contribution in [2.75, 3.05) is 88.2 Å². The molecular formula is C77H104F8N12O13. The van der Waals surface area contributed by atoms with Crippen molar-refractivity contribution >= 4 is 70.9 Å². The number of carbonyl (C=O) groups is 12. The van der Waals surface area contributed by atoms with Crippen LogP contribution in [0.1, 0.15) is 159 Å². The smallest absolute Gasteiger partial charge is 0.377 e. The lowest BCUT2D eigenvalue weighted by molar-refractivity contribution is -0.158. The van der Waals surface area contributed by atoms with Gasteiger partial charge in [0.15, 0.2) is 0 Å². The molecule has 33 heteroatoms. The van der Waals surface area contributed by atoms with Crippen LogP contribution in [0.4, 0.5) is 35.1 Å². The van der Waals surface area contributed by atoms with E-state index >= 15 is 42.3 Å². The van der Waals surface area contributed by atoms with Gasteiger partial charge in [0.1, 0.15) is 71.1 Å². The van der Waals surface area contributed by atoms with Gasteiger partial charge < -0.3 is 64.8 Å². The SMILES string of the molecule is CCO[C@@H]1C[C@H]2C(=O)NC3(CCC3)C(=O)N(C)[C@@H](C3CCCC3)C(=O)N(C)[C@H](C(=O)N3CCCC3)CC(=O)N(C)[C@@H](CC3CC3)C(=O)N[C@@H]([C@@H](C)CC)C(=O)N(C)CC(=O)N(C)[C@@H]3C/C=C\CCN(C3=O)[C@@H](Cc3ccc(C(F)(F)F)cc3)C(=O)N(C)CC(=O)N[C@@H](CCc3cc(F)c(C(F)(F)F)c(F)c3)C(=O)N2C1. The molecule has 2 aromatic rings. The summed E-state index contributed by atoms with van der Waals surface area (Å²) in [6.45, 7) is 3.65. The first-order valence-electron chi connectivity index (χ1n) is 38.2. The highest BCUT2D eigenvalue weighted by atomic mass is 19.4. The predicted molar refractivity (Wildman–Crippen MR) is 384 cm³/mol. The number of carbonyl (C=O) groups excluding carboxylic acids is 12. The molecule has 0 unspecified atom stereocenters. The Morgan fingerprint density at radius 3 is 1.85 bits per heavy atom. The van der Waals surface area contributed by atoms with E-state index in [-0.39, 0.29) is 69.7 Å². The molecule has 1 spiro atoms. The van der Waals surface area contributed by atoms with Crippen LogP contribution in [0.15, 0.2) is 48.6 Å². The highest BCUT2D eigenvalue weighted by molar-refractivity contribution is 6.01. The number of likely N-dealkylation sites (tertiary alicyclic amines) is 1. The third-order valence-electron chi connectivity index (χ3n) is 23.3. The molecule has 7 aliphatic rings. The van der Waals surface area contributed by atoms with Gasteiger partial charge in [0.05, 0.1) is 31.2 Å². The van der Waals surface area contributed by atoms with Crippen molar-refractivity contribution in [2.24, 2.45) is 17.8 Å². The monoisotopic (exact) mass is 1560 g/mol. The van der Waals surface area contributed by atoms with Crippen molar-refractivity contribution in [3.63, 3.8) is 0 Å². The third kappa shape index (κ3) is 19.9. The number of alkyl halides is 6. The number of amides is 12. The standard InChI is InChI=1S/C77H104F8N12O13/c1-10-45(3)64-72(107)90(5)44-62(100)91(6)55-22-13-12-16-35-96(71(55)106)59(39-47-25-28-50(29-26-47)76(80,81)82)69(104)89(4)43-60(98)86-54(30-27-48-36-52(78)63(53(79)37-48)77(83,84)85)68(103)97-42-51(110-11-2)40-57(97)67(102)88-75(31-19-32-75)74(109)94(9)65(49-20-14-15-21-49)73(108)93(8)58(70(105)95-33-17-18-34-95)41-61(99)92(7)56(66(101)87-64)38-46-23-24-46/h12-13,25-26,28-29,36-37,45-46,49,51,54-59,64-65H,10-11,14-24,27,30-35,38-44H2,1-9H3,(H,86,98)(H,87,101)(H,88,102)/b13-12-/t45-,51+,54-,55+,56-,57-,58-,59-,64-,65-/m0/s1. The van der Waals surface area contributed by atoms with Gasteiger partial charge >= 0.3 is 12.4 Å². The zero-order chi connectivity index (χ0) is 80.6. The second-order valence-electron chi connectivity index (χ2n) is 30.9. The second-order valence-corrected chi connectivity index (χ2v) is 30.9. The average Bonchev–Trinajstić information content (AvgIpc) is 1.12. The molecule has 110 heavy (non-hydrogen) atoms. The molecule has 6 fully saturated rings. The van der Waals surface area contributed by atoms with E-state index in [2.05, 4.69) is 16.0 Å². The average molecular weight is 1560 g/mol. The van der Waals surface area contributed by atoms with E-state index in [1.165, 1.54) is 49.9 Å². The molecule has 2 bridgehead atoms. The summed E-state index contributed by atoms with van der Waals surface area (Å²) in [5.41, 5.74) is -5.22. The zero-order valence-corrected chi connectivity index (χ0v) is 64.0. The summed E-state index contributed by atoms with van der Waals surface area (Å²) >= 11 is 0. The van der Waals surface area contributed by atoms with Gasteiger partial charge in [0.2, 0.25) is 70.9 Å². The molecule has 9 rings (SSSR count). The summed E-state index contributed by atoms with van der Waals surface area (Å²) in [5, 5.41) is 8.36. The number of halogens is 8. The van der Waals surface area contributed by atoms with Gasteiger partial charge in [-0.05, 0) is 137 Å². The Morgan fingerprint density at radius 2 is 1.27 bits per heavy atom. The van der Waals surface area contributed by atoms with Gasteiger partial charge in [-0.25, -0.2) is 8.78 Å². The first-order valence-corrected chi connectivity index (χ1v) is 38.2. The van der Waals surface area contributed by atoms with Crippen LogP contribution in [-0.2, 0) is 87.5 Å².